The van der Waals surface area contributed by atoms with Gasteiger partial charge in [-0.2, -0.15) is 0 Å². The molecule has 0 unspecified atom stereocenters. The summed E-state index contributed by atoms with van der Waals surface area (Å²) in [5, 5.41) is 10.6. The highest BCUT2D eigenvalue weighted by Gasteiger charge is 2.09. The van der Waals surface area contributed by atoms with Gasteiger partial charge >= 0.3 is 0 Å². The maximum Gasteiger partial charge on any atom is 0.192 e. The lowest BCUT2D eigenvalue weighted by molar-refractivity contribution is 0.372. The highest BCUT2D eigenvalue weighted by atomic mass is 127. The highest BCUT2D eigenvalue weighted by molar-refractivity contribution is 14.0. The molecule has 0 bridgehead atoms. The second kappa shape index (κ2) is 11.6. The summed E-state index contributed by atoms with van der Waals surface area (Å²) in [5.74, 6) is 2.78. The van der Waals surface area contributed by atoms with Gasteiger partial charge in [0.05, 0.1) is 12.2 Å². The van der Waals surface area contributed by atoms with E-state index in [1.54, 1.807) is 0 Å². The standard InChI is InChI=1S/C21H28N6O.HI/c1-4-22-21(24-13-18-12-19(16(2)3)26-28-18)25-14-20-23-10-11-27(20)15-17-8-6-5-7-9-17;/h5-12,16H,4,13-15H2,1-3H3,(H2,22,24,25);1H. The number of nitrogens with one attached hydrogen (secondary N) is 2. The monoisotopic (exact) mass is 508 g/mol. The van der Waals surface area contributed by atoms with Gasteiger partial charge in [0.1, 0.15) is 12.4 Å². The highest BCUT2D eigenvalue weighted by Crippen LogP contribution is 2.13. The average molecular weight is 508 g/mol. The fourth-order valence-electron chi connectivity index (χ4n) is 2.76. The normalized spacial score (nSPS) is 11.4. The molecule has 2 heterocycles. The van der Waals surface area contributed by atoms with E-state index < -0.39 is 0 Å². The molecule has 2 aromatic heterocycles. The Labute approximate surface area is 189 Å². The van der Waals surface area contributed by atoms with Crippen LogP contribution >= 0.6 is 24.0 Å². The average Bonchev–Trinajstić information content (AvgIpc) is 3.34. The van der Waals surface area contributed by atoms with E-state index in [2.05, 4.69) is 56.3 Å². The maximum absolute atomic E-state index is 5.38. The fourth-order valence-corrected chi connectivity index (χ4v) is 2.76. The van der Waals surface area contributed by atoms with E-state index in [1.165, 1.54) is 5.56 Å². The third-order valence-electron chi connectivity index (χ3n) is 4.32. The van der Waals surface area contributed by atoms with Crippen LogP contribution in [-0.2, 0) is 19.6 Å². The number of guanidine groups is 1. The van der Waals surface area contributed by atoms with Gasteiger partial charge in [0.25, 0.3) is 0 Å². The van der Waals surface area contributed by atoms with Crippen molar-refractivity contribution >= 4 is 29.9 Å². The van der Waals surface area contributed by atoms with E-state index >= 15 is 0 Å². The zero-order chi connectivity index (χ0) is 19.8. The minimum absolute atomic E-state index is 0. The van der Waals surface area contributed by atoms with Crippen LogP contribution in [-0.4, -0.2) is 27.2 Å². The molecule has 0 atom stereocenters. The molecule has 0 amide bonds. The molecule has 3 rings (SSSR count). The van der Waals surface area contributed by atoms with Crippen molar-refractivity contribution in [3.63, 3.8) is 0 Å². The summed E-state index contributed by atoms with van der Waals surface area (Å²) in [6.07, 6.45) is 3.80. The molecule has 29 heavy (non-hydrogen) atoms. The largest absolute Gasteiger partial charge is 0.359 e. The first kappa shape index (κ1) is 22.9. The van der Waals surface area contributed by atoms with Gasteiger partial charge in [-0.3, -0.25) is 0 Å². The molecule has 0 aliphatic carbocycles. The molecule has 8 heteroatoms. The van der Waals surface area contributed by atoms with Crippen molar-refractivity contribution in [2.75, 3.05) is 6.54 Å². The van der Waals surface area contributed by atoms with Crippen molar-refractivity contribution in [2.24, 2.45) is 4.99 Å². The van der Waals surface area contributed by atoms with Crippen LogP contribution in [0.5, 0.6) is 0 Å². The van der Waals surface area contributed by atoms with E-state index in [9.17, 15) is 0 Å². The molecule has 0 saturated carbocycles. The van der Waals surface area contributed by atoms with E-state index in [-0.39, 0.29) is 24.0 Å². The van der Waals surface area contributed by atoms with Crippen molar-refractivity contribution in [3.05, 3.63) is 71.6 Å². The quantitative estimate of drug-likeness (QED) is 0.274. The summed E-state index contributed by atoms with van der Waals surface area (Å²) in [4.78, 5) is 9.12. The van der Waals surface area contributed by atoms with Gasteiger partial charge in [0.15, 0.2) is 11.7 Å². The molecule has 0 aliphatic rings. The fraction of sp³-hybridized carbons (Fsp3) is 0.381. The second-order valence-corrected chi connectivity index (χ2v) is 6.88. The summed E-state index contributed by atoms with van der Waals surface area (Å²) in [6, 6.07) is 12.3. The number of halogens is 1. The summed E-state index contributed by atoms with van der Waals surface area (Å²) >= 11 is 0. The number of aliphatic imine (C=N–C) groups is 1. The predicted molar refractivity (Wildman–Crippen MR) is 125 cm³/mol. The molecule has 0 radical (unpaired) electrons. The number of nitrogens with zero attached hydrogens (tertiary/aromatic N) is 4. The molecule has 1 aromatic carbocycles. The lowest BCUT2D eigenvalue weighted by atomic mass is 10.1. The smallest absolute Gasteiger partial charge is 0.192 e. The Morgan fingerprint density at radius 2 is 2.00 bits per heavy atom. The van der Waals surface area contributed by atoms with Crippen LogP contribution in [0.15, 0.2) is 58.3 Å². The zero-order valence-electron chi connectivity index (χ0n) is 17.1. The first-order chi connectivity index (χ1) is 13.7. The van der Waals surface area contributed by atoms with Gasteiger partial charge in [0.2, 0.25) is 0 Å². The summed E-state index contributed by atoms with van der Waals surface area (Å²) in [5.41, 5.74) is 2.20. The Morgan fingerprint density at radius 3 is 2.69 bits per heavy atom. The van der Waals surface area contributed by atoms with Crippen LogP contribution in [0, 0.1) is 0 Å². The Kier molecular flexibility index (Phi) is 9.17. The van der Waals surface area contributed by atoms with Crippen molar-refractivity contribution < 1.29 is 4.52 Å². The molecule has 3 aromatic rings. The number of benzene rings is 1. The van der Waals surface area contributed by atoms with Crippen LogP contribution < -0.4 is 10.6 Å². The molecule has 0 spiro atoms. The van der Waals surface area contributed by atoms with Gasteiger partial charge in [0, 0.05) is 31.5 Å². The number of aromatic nitrogens is 3. The van der Waals surface area contributed by atoms with E-state index in [4.69, 9.17) is 4.52 Å². The Morgan fingerprint density at radius 1 is 1.21 bits per heavy atom. The van der Waals surface area contributed by atoms with E-state index in [0.717, 1.165) is 36.3 Å². The van der Waals surface area contributed by atoms with Gasteiger partial charge < -0.3 is 19.7 Å². The van der Waals surface area contributed by atoms with Gasteiger partial charge in [-0.25, -0.2) is 9.98 Å². The number of hydrogen-bond donors (Lipinski definition) is 2. The Bertz CT molecular complexity index is 887. The van der Waals surface area contributed by atoms with Crippen molar-refractivity contribution in [1.29, 1.82) is 0 Å². The first-order valence-electron chi connectivity index (χ1n) is 9.67. The third-order valence-corrected chi connectivity index (χ3v) is 4.32. The molecule has 7 nitrogen and oxygen atoms in total. The number of rotatable bonds is 8. The number of imidazole rings is 1. The van der Waals surface area contributed by atoms with Crippen LogP contribution in [0.1, 0.15) is 49.5 Å². The van der Waals surface area contributed by atoms with E-state index in [0.29, 0.717) is 19.0 Å². The summed E-state index contributed by atoms with van der Waals surface area (Å²) < 4.78 is 7.50. The lowest BCUT2D eigenvalue weighted by Crippen LogP contribution is -2.36. The molecular formula is C21H29IN6O. The van der Waals surface area contributed by atoms with Gasteiger partial charge in [-0.1, -0.05) is 49.3 Å². The SMILES string of the molecule is CCNC(=NCc1nccn1Cc1ccccc1)NCc1cc(C(C)C)no1.I. The van der Waals surface area contributed by atoms with Crippen LogP contribution in [0.25, 0.3) is 0 Å². The molecule has 0 saturated heterocycles. The van der Waals surface area contributed by atoms with Crippen molar-refractivity contribution in [3.8, 4) is 0 Å². The van der Waals surface area contributed by atoms with Crippen LogP contribution in [0.3, 0.4) is 0 Å². The van der Waals surface area contributed by atoms with Crippen LogP contribution in [0.4, 0.5) is 0 Å². The molecular weight excluding hydrogens is 479 g/mol. The van der Waals surface area contributed by atoms with Crippen molar-refractivity contribution in [2.45, 2.75) is 46.3 Å². The lowest BCUT2D eigenvalue weighted by Gasteiger charge is -2.11. The van der Waals surface area contributed by atoms with Crippen molar-refractivity contribution in [1.82, 2.24) is 25.3 Å². The zero-order valence-corrected chi connectivity index (χ0v) is 19.5. The molecule has 0 aliphatic heterocycles. The maximum atomic E-state index is 5.38. The predicted octanol–water partition coefficient (Wildman–Crippen LogP) is 3.92. The number of hydrogen-bond acceptors (Lipinski definition) is 4. The molecule has 0 fully saturated rings. The second-order valence-electron chi connectivity index (χ2n) is 6.88. The van der Waals surface area contributed by atoms with Gasteiger partial charge in [-0.15, -0.1) is 24.0 Å². The Balaban J connectivity index is 0.00000300. The molecule has 156 valence electrons. The topological polar surface area (TPSA) is 80.3 Å². The minimum Gasteiger partial charge on any atom is -0.359 e. The van der Waals surface area contributed by atoms with Gasteiger partial charge in [-0.05, 0) is 18.4 Å². The summed E-state index contributed by atoms with van der Waals surface area (Å²) in [7, 11) is 0. The third kappa shape index (κ3) is 6.88. The Hall–Kier alpha value is -2.36. The first-order valence-corrected chi connectivity index (χ1v) is 9.67. The van der Waals surface area contributed by atoms with E-state index in [1.807, 2.05) is 43.6 Å². The molecule has 2 N–H and O–H groups in total. The summed E-state index contributed by atoms with van der Waals surface area (Å²) in [6.45, 7) is 8.81. The minimum atomic E-state index is 0. The van der Waals surface area contributed by atoms with Crippen LogP contribution in [0.2, 0.25) is 0 Å².